The third-order valence-corrected chi connectivity index (χ3v) is 8.48. The van der Waals surface area contributed by atoms with Gasteiger partial charge in [-0.3, -0.25) is 0 Å². The first-order valence-corrected chi connectivity index (χ1v) is 14.4. The van der Waals surface area contributed by atoms with Crippen LogP contribution in [0.3, 0.4) is 0 Å². The Hall–Kier alpha value is -5.35. The Morgan fingerprint density at radius 3 is 1.93 bits per heavy atom. The monoisotopic (exact) mass is 560 g/mol. The summed E-state index contributed by atoms with van der Waals surface area (Å²) in [5.74, 6) is -2.23. The zero-order chi connectivity index (χ0) is 29.0. The molecule has 1 heterocycles. The summed E-state index contributed by atoms with van der Waals surface area (Å²) in [6.45, 7) is 0. The summed E-state index contributed by atoms with van der Waals surface area (Å²) in [6, 6.07) is 44.9. The van der Waals surface area contributed by atoms with Crippen LogP contribution in [0, 0.1) is 0 Å². The topological polar surface area (TPSA) is 24.4 Å². The summed E-state index contributed by atoms with van der Waals surface area (Å²) in [4.78, 5) is 5.11. The van der Waals surface area contributed by atoms with Crippen molar-refractivity contribution >= 4 is 22.3 Å². The van der Waals surface area contributed by atoms with Gasteiger partial charge in [0.15, 0.2) is 0 Å². The second kappa shape index (κ2) is 9.88. The summed E-state index contributed by atoms with van der Waals surface area (Å²) in [6.07, 6.45) is 2.16. The average molecular weight is 561 g/mol. The van der Waals surface area contributed by atoms with Crippen LogP contribution in [0.15, 0.2) is 151 Å². The lowest BCUT2D eigenvalue weighted by Crippen LogP contribution is -2.31. The Labute approximate surface area is 248 Å². The predicted octanol–water partition coefficient (Wildman–Crippen LogP) is 9.76. The largest absolute Gasteiger partial charge is 0.359 e. The molecule has 1 aliphatic carbocycles. The predicted molar refractivity (Wildman–Crippen MR) is 171 cm³/mol. The van der Waals surface area contributed by atoms with Crippen LogP contribution in [0.1, 0.15) is 33.9 Å². The van der Waals surface area contributed by atoms with Gasteiger partial charge in [0, 0.05) is 22.3 Å². The number of alkyl halides is 2. The molecule has 1 atom stereocenters. The summed E-state index contributed by atoms with van der Waals surface area (Å²) >= 11 is 0. The molecular weight excluding hydrogens is 534 g/mol. The van der Waals surface area contributed by atoms with Crippen molar-refractivity contribution in [1.82, 2.24) is 5.32 Å². The maximum absolute atomic E-state index is 15.6. The Bertz CT molecular complexity index is 2080. The van der Waals surface area contributed by atoms with E-state index < -0.39 is 5.92 Å². The number of benzene rings is 6. The molecule has 206 valence electrons. The maximum Gasteiger partial charge on any atom is 0.299 e. The summed E-state index contributed by atoms with van der Waals surface area (Å²) < 4.78 is 31.1. The molecule has 0 saturated carbocycles. The second-order valence-corrected chi connectivity index (χ2v) is 11.0. The van der Waals surface area contributed by atoms with E-state index in [2.05, 4.69) is 53.9 Å². The summed E-state index contributed by atoms with van der Waals surface area (Å²) in [5.41, 5.74) is 7.02. The molecule has 0 saturated heterocycles. The smallest absolute Gasteiger partial charge is 0.299 e. The van der Waals surface area contributed by atoms with Crippen molar-refractivity contribution in [3.05, 3.63) is 173 Å². The molecule has 2 aliphatic rings. The highest BCUT2D eigenvalue weighted by Crippen LogP contribution is 2.52. The van der Waals surface area contributed by atoms with Gasteiger partial charge in [-0.2, -0.15) is 8.78 Å². The fraction of sp³-hybridized carbons (Fsp3) is 0.0513. The van der Waals surface area contributed by atoms with Gasteiger partial charge in [-0.25, -0.2) is 4.99 Å². The SMILES string of the molecule is FC1(F)c2ccccc2-c2ccc(-c3ccc(C4=CC(c5ccccc5)NC(c5ccccc5)=N4)c4ccccc34)cc21. The van der Waals surface area contributed by atoms with Crippen LogP contribution in [0.5, 0.6) is 0 Å². The van der Waals surface area contributed by atoms with Gasteiger partial charge in [0.1, 0.15) is 5.84 Å². The number of halogens is 2. The van der Waals surface area contributed by atoms with E-state index in [1.165, 1.54) is 6.07 Å². The van der Waals surface area contributed by atoms with Gasteiger partial charge < -0.3 is 5.32 Å². The van der Waals surface area contributed by atoms with E-state index in [1.54, 1.807) is 18.2 Å². The quantitative estimate of drug-likeness (QED) is 0.228. The molecule has 2 nitrogen and oxygen atoms in total. The fourth-order valence-electron chi connectivity index (χ4n) is 6.39. The Balaban J connectivity index is 1.27. The molecule has 4 heteroatoms. The summed E-state index contributed by atoms with van der Waals surface area (Å²) in [5, 5.41) is 5.62. The molecule has 0 radical (unpaired) electrons. The third kappa shape index (κ3) is 4.18. The van der Waals surface area contributed by atoms with Crippen molar-refractivity contribution in [1.29, 1.82) is 0 Å². The lowest BCUT2D eigenvalue weighted by Gasteiger charge is -2.25. The van der Waals surface area contributed by atoms with Gasteiger partial charge in [-0.15, -0.1) is 0 Å². The first kappa shape index (κ1) is 25.4. The number of amidine groups is 1. The molecule has 6 aromatic rings. The molecule has 43 heavy (non-hydrogen) atoms. The lowest BCUT2D eigenvalue weighted by atomic mass is 9.91. The van der Waals surface area contributed by atoms with Crippen LogP contribution < -0.4 is 5.32 Å². The number of fused-ring (bicyclic) bond motifs is 4. The highest BCUT2D eigenvalue weighted by molar-refractivity contribution is 6.07. The van der Waals surface area contributed by atoms with Gasteiger partial charge in [-0.1, -0.05) is 133 Å². The van der Waals surface area contributed by atoms with E-state index in [9.17, 15) is 0 Å². The van der Waals surface area contributed by atoms with Crippen molar-refractivity contribution in [3.63, 3.8) is 0 Å². The van der Waals surface area contributed by atoms with Gasteiger partial charge in [0.25, 0.3) is 5.92 Å². The minimum Gasteiger partial charge on any atom is -0.359 e. The number of nitrogens with zero attached hydrogens (tertiary/aromatic N) is 1. The van der Waals surface area contributed by atoms with E-state index in [0.717, 1.165) is 50.1 Å². The maximum atomic E-state index is 15.6. The van der Waals surface area contributed by atoms with Crippen LogP contribution in [0.25, 0.3) is 38.7 Å². The van der Waals surface area contributed by atoms with E-state index >= 15 is 8.78 Å². The van der Waals surface area contributed by atoms with Gasteiger partial charge >= 0.3 is 0 Å². The highest BCUT2D eigenvalue weighted by atomic mass is 19.3. The molecule has 0 fully saturated rings. The highest BCUT2D eigenvalue weighted by Gasteiger charge is 2.44. The Morgan fingerprint density at radius 2 is 1.14 bits per heavy atom. The minimum atomic E-state index is -3.04. The van der Waals surface area contributed by atoms with Crippen LogP contribution in [-0.4, -0.2) is 5.84 Å². The normalized spacial score (nSPS) is 16.6. The molecule has 6 aromatic carbocycles. The van der Waals surface area contributed by atoms with E-state index in [1.807, 2.05) is 72.8 Å². The minimum absolute atomic E-state index is 0.0585. The van der Waals surface area contributed by atoms with Gasteiger partial charge in [0.2, 0.25) is 0 Å². The number of hydrogen-bond acceptors (Lipinski definition) is 2. The molecule has 0 amide bonds. The van der Waals surface area contributed by atoms with Crippen molar-refractivity contribution in [2.45, 2.75) is 12.0 Å². The molecule has 1 unspecified atom stereocenters. The number of hydrogen-bond donors (Lipinski definition) is 1. The Kier molecular flexibility index (Phi) is 5.83. The molecule has 0 spiro atoms. The average Bonchev–Trinajstić information content (AvgIpc) is 3.30. The van der Waals surface area contributed by atoms with Crippen LogP contribution in [0.4, 0.5) is 8.78 Å². The molecular formula is C39H26F2N2. The lowest BCUT2D eigenvalue weighted by molar-refractivity contribution is 0.0480. The zero-order valence-corrected chi connectivity index (χ0v) is 23.1. The van der Waals surface area contributed by atoms with E-state index in [4.69, 9.17) is 4.99 Å². The first-order valence-electron chi connectivity index (χ1n) is 14.4. The molecule has 1 aliphatic heterocycles. The molecule has 0 bridgehead atoms. The standard InChI is InChI=1S/C39H26F2N2/c40-39(41)34-18-10-9-17-31(34)32-20-19-27(23-35(32)39)28-21-22-33(30-16-8-7-15-29(28)30)37-24-36(25-11-3-1-4-12-25)42-38(43-37)26-13-5-2-6-14-26/h1-24,36H,(H,42,43). The molecule has 0 aromatic heterocycles. The Morgan fingerprint density at radius 1 is 0.535 bits per heavy atom. The van der Waals surface area contributed by atoms with Crippen LogP contribution in [0.2, 0.25) is 0 Å². The summed E-state index contributed by atoms with van der Waals surface area (Å²) in [7, 11) is 0. The van der Waals surface area contributed by atoms with E-state index in [0.29, 0.717) is 11.1 Å². The molecule has 8 rings (SSSR count). The zero-order valence-electron chi connectivity index (χ0n) is 23.1. The van der Waals surface area contributed by atoms with Gasteiger partial charge in [0.05, 0.1) is 11.7 Å². The third-order valence-electron chi connectivity index (χ3n) is 8.48. The number of rotatable bonds is 4. The van der Waals surface area contributed by atoms with Gasteiger partial charge in [-0.05, 0) is 50.7 Å². The van der Waals surface area contributed by atoms with Crippen LogP contribution >= 0.6 is 0 Å². The second-order valence-electron chi connectivity index (χ2n) is 11.0. The first-order chi connectivity index (χ1) is 21.1. The van der Waals surface area contributed by atoms with Crippen LogP contribution in [-0.2, 0) is 5.92 Å². The molecule has 1 N–H and O–H groups in total. The van der Waals surface area contributed by atoms with Crippen molar-refractivity contribution in [2.75, 3.05) is 0 Å². The fourth-order valence-corrected chi connectivity index (χ4v) is 6.39. The van der Waals surface area contributed by atoms with Crippen molar-refractivity contribution in [3.8, 4) is 22.3 Å². The van der Waals surface area contributed by atoms with Crippen molar-refractivity contribution < 1.29 is 8.78 Å². The van der Waals surface area contributed by atoms with E-state index in [-0.39, 0.29) is 17.2 Å². The van der Waals surface area contributed by atoms with Crippen molar-refractivity contribution in [2.24, 2.45) is 4.99 Å². The number of nitrogens with one attached hydrogen (secondary N) is 1. The number of aliphatic imine (C=N–C) groups is 1.